The van der Waals surface area contributed by atoms with Gasteiger partial charge in [0.2, 0.25) is 0 Å². The lowest BCUT2D eigenvalue weighted by atomic mass is 9.94. The van der Waals surface area contributed by atoms with Gasteiger partial charge < -0.3 is 19.3 Å². The molecule has 3 aromatic rings. The molecule has 1 aliphatic heterocycles. The van der Waals surface area contributed by atoms with Crippen LogP contribution in [-0.2, 0) is 9.59 Å². The van der Waals surface area contributed by atoms with Crippen molar-refractivity contribution in [1.82, 2.24) is 0 Å². The predicted molar refractivity (Wildman–Crippen MR) is 129 cm³/mol. The molecule has 1 amide bonds. The molecule has 1 atom stereocenters. The lowest BCUT2D eigenvalue weighted by Crippen LogP contribution is -2.29. The third kappa shape index (κ3) is 4.28. The highest BCUT2D eigenvalue weighted by Crippen LogP contribution is 2.44. The van der Waals surface area contributed by atoms with E-state index in [2.05, 4.69) is 0 Å². The van der Waals surface area contributed by atoms with E-state index in [0.29, 0.717) is 22.7 Å². The van der Waals surface area contributed by atoms with Crippen LogP contribution in [0.5, 0.6) is 17.2 Å². The van der Waals surface area contributed by atoms with Crippen molar-refractivity contribution in [2.24, 2.45) is 0 Å². The lowest BCUT2D eigenvalue weighted by molar-refractivity contribution is -0.132. The van der Waals surface area contributed by atoms with Gasteiger partial charge in [0, 0.05) is 11.8 Å². The standard InChI is InChI=1S/C26H21ClFNO6/c1-33-17-9-10-18(21(13-17)35-3)24(30)22-23(14-4-6-15(28)7-5-14)29(26(32)25(22)31)16-8-11-20(34-2)19(27)12-16/h4-13,23,30H,1-3H3/b24-22-. The number of carbonyl (C=O) groups is 2. The molecule has 1 aliphatic rings. The second kappa shape index (κ2) is 9.68. The maximum Gasteiger partial charge on any atom is 0.300 e. The number of ether oxygens (including phenoxy) is 3. The van der Waals surface area contributed by atoms with E-state index in [1.165, 1.54) is 62.6 Å². The number of benzene rings is 3. The Hall–Kier alpha value is -4.04. The summed E-state index contributed by atoms with van der Waals surface area (Å²) in [6.45, 7) is 0. The van der Waals surface area contributed by atoms with Gasteiger partial charge in [-0.05, 0) is 48.0 Å². The van der Waals surface area contributed by atoms with Gasteiger partial charge in [0.15, 0.2) is 0 Å². The van der Waals surface area contributed by atoms with Gasteiger partial charge in [-0.2, -0.15) is 0 Å². The molecule has 1 unspecified atom stereocenters. The third-order valence-corrected chi connectivity index (χ3v) is 6.00. The zero-order chi connectivity index (χ0) is 25.3. The molecule has 1 N–H and O–H groups in total. The number of aliphatic hydroxyl groups is 1. The van der Waals surface area contributed by atoms with Crippen LogP contribution in [0.25, 0.3) is 5.76 Å². The van der Waals surface area contributed by atoms with E-state index in [9.17, 15) is 19.1 Å². The second-order valence-corrected chi connectivity index (χ2v) is 8.01. The van der Waals surface area contributed by atoms with Gasteiger partial charge in [0.05, 0.1) is 43.5 Å². The van der Waals surface area contributed by atoms with Gasteiger partial charge in [-0.1, -0.05) is 23.7 Å². The van der Waals surface area contributed by atoms with E-state index in [-0.39, 0.29) is 21.9 Å². The molecule has 0 spiro atoms. The Bertz CT molecular complexity index is 1340. The Morgan fingerprint density at radius 1 is 0.914 bits per heavy atom. The van der Waals surface area contributed by atoms with Crippen LogP contribution in [0, 0.1) is 5.82 Å². The van der Waals surface area contributed by atoms with E-state index >= 15 is 0 Å². The Kier molecular flexibility index (Phi) is 6.66. The quantitative estimate of drug-likeness (QED) is 0.289. The van der Waals surface area contributed by atoms with E-state index in [1.54, 1.807) is 24.3 Å². The topological polar surface area (TPSA) is 85.3 Å². The molecule has 0 bridgehead atoms. The highest BCUT2D eigenvalue weighted by molar-refractivity contribution is 6.52. The number of carbonyl (C=O) groups excluding carboxylic acids is 2. The van der Waals surface area contributed by atoms with Crippen LogP contribution in [0.2, 0.25) is 5.02 Å². The first-order chi connectivity index (χ1) is 16.8. The number of ketones is 1. The van der Waals surface area contributed by atoms with Crippen molar-refractivity contribution in [3.05, 3.63) is 88.2 Å². The Labute approximate surface area is 205 Å². The van der Waals surface area contributed by atoms with Gasteiger partial charge in [0.1, 0.15) is 28.8 Å². The fourth-order valence-corrected chi connectivity index (χ4v) is 4.26. The summed E-state index contributed by atoms with van der Waals surface area (Å²) in [4.78, 5) is 27.7. The molecule has 0 aromatic heterocycles. The van der Waals surface area contributed by atoms with Crippen LogP contribution in [0.4, 0.5) is 10.1 Å². The molecule has 7 nitrogen and oxygen atoms in total. The van der Waals surface area contributed by atoms with E-state index < -0.39 is 29.3 Å². The highest BCUT2D eigenvalue weighted by Gasteiger charge is 2.47. The summed E-state index contributed by atoms with van der Waals surface area (Å²) in [5, 5.41) is 11.5. The van der Waals surface area contributed by atoms with Crippen molar-refractivity contribution in [3.8, 4) is 17.2 Å². The minimum Gasteiger partial charge on any atom is -0.507 e. The molecule has 1 saturated heterocycles. The number of hydrogen-bond acceptors (Lipinski definition) is 6. The smallest absolute Gasteiger partial charge is 0.300 e. The average Bonchev–Trinajstić information content (AvgIpc) is 3.13. The first kappa shape index (κ1) is 24.1. The third-order valence-electron chi connectivity index (χ3n) is 5.71. The van der Waals surface area contributed by atoms with Crippen molar-refractivity contribution in [2.75, 3.05) is 26.2 Å². The normalized spacial score (nSPS) is 16.9. The first-order valence-corrected chi connectivity index (χ1v) is 10.8. The molecule has 0 radical (unpaired) electrons. The number of hydrogen-bond donors (Lipinski definition) is 1. The molecule has 0 saturated carbocycles. The van der Waals surface area contributed by atoms with Crippen LogP contribution in [-0.4, -0.2) is 38.1 Å². The van der Waals surface area contributed by atoms with Crippen LogP contribution in [0.15, 0.2) is 66.2 Å². The largest absolute Gasteiger partial charge is 0.507 e. The van der Waals surface area contributed by atoms with Crippen molar-refractivity contribution >= 4 is 34.7 Å². The summed E-state index contributed by atoms with van der Waals surface area (Å²) in [5.74, 6) is -1.64. The number of aliphatic hydroxyl groups excluding tert-OH is 1. The van der Waals surface area contributed by atoms with E-state index in [4.69, 9.17) is 25.8 Å². The van der Waals surface area contributed by atoms with Crippen LogP contribution >= 0.6 is 11.6 Å². The fraction of sp³-hybridized carbons (Fsp3) is 0.154. The summed E-state index contributed by atoms with van der Waals surface area (Å²) < 4.78 is 29.5. The van der Waals surface area contributed by atoms with Crippen LogP contribution in [0.3, 0.4) is 0 Å². The predicted octanol–water partition coefficient (Wildman–Crippen LogP) is 5.13. The SMILES string of the molecule is COc1ccc(/C(O)=C2/C(=O)C(=O)N(c3ccc(OC)c(Cl)c3)C2c2ccc(F)cc2)c(OC)c1. The van der Waals surface area contributed by atoms with Gasteiger partial charge in [0.25, 0.3) is 11.7 Å². The minimum atomic E-state index is -1.06. The summed E-state index contributed by atoms with van der Waals surface area (Å²) in [7, 11) is 4.34. The molecular weight excluding hydrogens is 477 g/mol. The summed E-state index contributed by atoms with van der Waals surface area (Å²) >= 11 is 6.28. The number of nitrogens with zero attached hydrogens (tertiary/aromatic N) is 1. The highest BCUT2D eigenvalue weighted by atomic mass is 35.5. The monoisotopic (exact) mass is 497 g/mol. The molecule has 0 aliphatic carbocycles. The molecule has 1 fully saturated rings. The lowest BCUT2D eigenvalue weighted by Gasteiger charge is -2.26. The van der Waals surface area contributed by atoms with E-state index in [1.807, 2.05) is 0 Å². The Balaban J connectivity index is 1.96. The Morgan fingerprint density at radius 3 is 2.20 bits per heavy atom. The van der Waals surface area contributed by atoms with Crippen LogP contribution < -0.4 is 19.1 Å². The van der Waals surface area contributed by atoms with Crippen molar-refractivity contribution in [2.45, 2.75) is 6.04 Å². The van der Waals surface area contributed by atoms with Crippen molar-refractivity contribution in [3.63, 3.8) is 0 Å². The van der Waals surface area contributed by atoms with Gasteiger partial charge in [-0.3, -0.25) is 14.5 Å². The number of anilines is 1. The fourth-order valence-electron chi connectivity index (χ4n) is 4.00. The average molecular weight is 498 g/mol. The maximum atomic E-state index is 13.7. The van der Waals surface area contributed by atoms with Gasteiger partial charge in [-0.15, -0.1) is 0 Å². The van der Waals surface area contributed by atoms with Crippen molar-refractivity contribution in [1.29, 1.82) is 0 Å². The minimum absolute atomic E-state index is 0.183. The molecule has 35 heavy (non-hydrogen) atoms. The molecule has 3 aromatic carbocycles. The zero-order valence-electron chi connectivity index (χ0n) is 19.0. The number of methoxy groups -OCH3 is 3. The molecule has 1 heterocycles. The second-order valence-electron chi connectivity index (χ2n) is 7.61. The van der Waals surface area contributed by atoms with Crippen molar-refractivity contribution < 1.29 is 33.3 Å². The molecular formula is C26H21ClFNO6. The molecule has 9 heteroatoms. The number of halogens is 2. The number of Topliss-reactive ketones (excluding diaryl/α,β-unsaturated/α-hetero) is 1. The first-order valence-electron chi connectivity index (χ1n) is 10.4. The Morgan fingerprint density at radius 2 is 1.60 bits per heavy atom. The summed E-state index contributed by atoms with van der Waals surface area (Å²) in [6.07, 6.45) is 0. The maximum absolute atomic E-state index is 13.7. The summed E-state index contributed by atoms with van der Waals surface area (Å²) in [5.41, 5.74) is 0.711. The number of amides is 1. The van der Waals surface area contributed by atoms with Gasteiger partial charge >= 0.3 is 0 Å². The molecule has 180 valence electrons. The summed E-state index contributed by atoms with van der Waals surface area (Å²) in [6, 6.07) is 13.5. The van der Waals surface area contributed by atoms with E-state index in [0.717, 1.165) is 0 Å². The zero-order valence-corrected chi connectivity index (χ0v) is 19.8. The van der Waals surface area contributed by atoms with Gasteiger partial charge in [-0.25, -0.2) is 4.39 Å². The molecule has 4 rings (SSSR count). The van der Waals surface area contributed by atoms with Crippen LogP contribution in [0.1, 0.15) is 17.2 Å². The number of rotatable bonds is 6.